The molecule has 0 unspecified atom stereocenters. The number of hydrogen-bond acceptors (Lipinski definition) is 6. The Bertz CT molecular complexity index is 623. The van der Waals surface area contributed by atoms with E-state index in [0.29, 0.717) is 32.1 Å². The average molecular weight is 314 g/mol. The van der Waals surface area contributed by atoms with Crippen LogP contribution in [-0.2, 0) is 19.4 Å². The van der Waals surface area contributed by atoms with Crippen molar-refractivity contribution in [1.29, 1.82) is 0 Å². The Kier molecular flexibility index (Phi) is 4.69. The first-order valence-electron chi connectivity index (χ1n) is 6.46. The van der Waals surface area contributed by atoms with Crippen LogP contribution in [0.4, 0.5) is 5.69 Å². The van der Waals surface area contributed by atoms with Crippen LogP contribution >= 0.6 is 0 Å². The molecule has 1 amide bonds. The van der Waals surface area contributed by atoms with Crippen LogP contribution in [0.15, 0.2) is 23.1 Å². The molecule has 0 spiro atoms. The highest BCUT2D eigenvalue weighted by molar-refractivity contribution is 7.92. The smallest absolute Gasteiger partial charge is 0.238 e. The molecule has 116 valence electrons. The minimum absolute atomic E-state index is 0.0801. The van der Waals surface area contributed by atoms with Crippen molar-refractivity contribution in [2.45, 2.75) is 4.90 Å². The molecule has 2 N–H and O–H groups in total. The van der Waals surface area contributed by atoms with Gasteiger partial charge in [-0.05, 0) is 12.1 Å². The predicted octanol–water partition coefficient (Wildman–Crippen LogP) is -0.0901. The molecule has 0 bridgehead atoms. The molecule has 7 nitrogen and oxygen atoms in total. The first kappa shape index (κ1) is 15.6. The van der Waals surface area contributed by atoms with Crippen molar-refractivity contribution in [3.8, 4) is 5.75 Å². The molecule has 1 aliphatic heterocycles. The topological polar surface area (TPSA) is 98.9 Å². The highest BCUT2D eigenvalue weighted by Crippen LogP contribution is 2.25. The number of carbonyl (C=O) groups excluding carboxylic acids is 1. The molecule has 1 aromatic carbocycles. The van der Waals surface area contributed by atoms with Gasteiger partial charge in [0.1, 0.15) is 11.5 Å². The lowest BCUT2D eigenvalue weighted by atomic mass is 10.3. The summed E-state index contributed by atoms with van der Waals surface area (Å²) in [6, 6.07) is 4.35. The van der Waals surface area contributed by atoms with Crippen LogP contribution in [0.2, 0.25) is 0 Å². The number of nitrogen functional groups attached to an aromatic ring is 1. The number of nitrogens with zero attached hydrogens (tertiary/aromatic N) is 1. The van der Waals surface area contributed by atoms with Gasteiger partial charge in [0.05, 0.1) is 30.9 Å². The zero-order chi connectivity index (χ0) is 15.5. The van der Waals surface area contributed by atoms with Crippen molar-refractivity contribution in [2.24, 2.45) is 0 Å². The molecular weight excluding hydrogens is 296 g/mol. The van der Waals surface area contributed by atoms with Crippen LogP contribution < -0.4 is 10.5 Å². The summed E-state index contributed by atoms with van der Waals surface area (Å²) in [4.78, 5) is 13.5. The predicted molar refractivity (Wildman–Crippen MR) is 76.9 cm³/mol. The number of hydrogen-bond donors (Lipinski definition) is 1. The number of morpholine rings is 1. The normalized spacial score (nSPS) is 15.8. The molecule has 0 saturated carbocycles. The first-order chi connectivity index (χ1) is 9.94. The minimum atomic E-state index is -3.81. The quantitative estimate of drug-likeness (QED) is 0.780. The lowest BCUT2D eigenvalue weighted by Crippen LogP contribution is -2.43. The van der Waals surface area contributed by atoms with Crippen molar-refractivity contribution in [1.82, 2.24) is 4.90 Å². The van der Waals surface area contributed by atoms with Crippen molar-refractivity contribution >= 4 is 21.4 Å². The van der Waals surface area contributed by atoms with Gasteiger partial charge >= 0.3 is 0 Å². The molecule has 0 atom stereocenters. The van der Waals surface area contributed by atoms with Crippen LogP contribution in [0.3, 0.4) is 0 Å². The Morgan fingerprint density at radius 2 is 2.05 bits per heavy atom. The van der Waals surface area contributed by atoms with E-state index in [-0.39, 0.29) is 10.6 Å². The van der Waals surface area contributed by atoms with Gasteiger partial charge in [-0.1, -0.05) is 0 Å². The highest BCUT2D eigenvalue weighted by Gasteiger charge is 2.26. The molecule has 0 radical (unpaired) electrons. The molecule has 1 saturated heterocycles. The molecule has 1 heterocycles. The van der Waals surface area contributed by atoms with E-state index in [1.165, 1.54) is 24.1 Å². The van der Waals surface area contributed by atoms with Gasteiger partial charge in [-0.25, -0.2) is 8.42 Å². The Labute approximate surface area is 123 Å². The molecule has 8 heteroatoms. The monoisotopic (exact) mass is 314 g/mol. The lowest BCUT2D eigenvalue weighted by Gasteiger charge is -2.26. The molecule has 0 aromatic heterocycles. The Balaban J connectivity index is 2.19. The summed E-state index contributed by atoms with van der Waals surface area (Å²) in [5.41, 5.74) is 5.81. The second-order valence-corrected chi connectivity index (χ2v) is 6.61. The third-order valence-corrected chi connectivity index (χ3v) is 4.88. The highest BCUT2D eigenvalue weighted by atomic mass is 32.2. The van der Waals surface area contributed by atoms with Crippen LogP contribution in [0, 0.1) is 0 Å². The molecule has 1 aliphatic rings. The van der Waals surface area contributed by atoms with Gasteiger partial charge in [-0.2, -0.15) is 0 Å². The summed E-state index contributed by atoms with van der Waals surface area (Å²) in [7, 11) is -2.38. The van der Waals surface area contributed by atoms with E-state index in [2.05, 4.69) is 0 Å². The maximum atomic E-state index is 12.4. The summed E-state index contributed by atoms with van der Waals surface area (Å²) < 4.78 is 34.8. The van der Waals surface area contributed by atoms with Gasteiger partial charge in [0.2, 0.25) is 5.91 Å². The van der Waals surface area contributed by atoms with E-state index in [1.807, 2.05) is 0 Å². The van der Waals surface area contributed by atoms with E-state index in [1.54, 1.807) is 6.07 Å². The summed E-state index contributed by atoms with van der Waals surface area (Å²) in [5, 5.41) is 0. The van der Waals surface area contributed by atoms with Crippen LogP contribution in [0.5, 0.6) is 5.75 Å². The van der Waals surface area contributed by atoms with Gasteiger partial charge < -0.3 is 20.1 Å². The van der Waals surface area contributed by atoms with Crippen molar-refractivity contribution < 1.29 is 22.7 Å². The van der Waals surface area contributed by atoms with Gasteiger partial charge in [0, 0.05) is 19.2 Å². The maximum absolute atomic E-state index is 12.4. The number of nitrogens with two attached hydrogens (primary N) is 1. The van der Waals surface area contributed by atoms with E-state index < -0.39 is 21.5 Å². The average Bonchev–Trinajstić information content (AvgIpc) is 2.48. The zero-order valence-corrected chi connectivity index (χ0v) is 12.6. The molecule has 21 heavy (non-hydrogen) atoms. The van der Waals surface area contributed by atoms with E-state index in [4.69, 9.17) is 15.2 Å². The van der Waals surface area contributed by atoms with Crippen LogP contribution in [0.25, 0.3) is 0 Å². The Hall–Kier alpha value is -1.80. The number of methoxy groups -OCH3 is 1. The van der Waals surface area contributed by atoms with E-state index >= 15 is 0 Å². The van der Waals surface area contributed by atoms with E-state index in [9.17, 15) is 13.2 Å². The van der Waals surface area contributed by atoms with E-state index in [0.717, 1.165) is 0 Å². The third-order valence-electron chi connectivity index (χ3n) is 3.23. The minimum Gasteiger partial charge on any atom is -0.497 e. The molecule has 2 rings (SSSR count). The van der Waals surface area contributed by atoms with Crippen molar-refractivity contribution in [3.05, 3.63) is 18.2 Å². The standard InChI is InChI=1S/C13H18N2O5S/c1-19-10-2-3-11(14)12(8-10)21(17,18)9-13(16)15-4-6-20-7-5-15/h2-3,8H,4-7,9,14H2,1H3. The van der Waals surface area contributed by atoms with Gasteiger partial charge in [-0.15, -0.1) is 0 Å². The number of rotatable bonds is 4. The fourth-order valence-corrected chi connectivity index (χ4v) is 3.44. The molecule has 0 aliphatic carbocycles. The Morgan fingerprint density at radius 3 is 2.67 bits per heavy atom. The summed E-state index contributed by atoms with van der Waals surface area (Å²) >= 11 is 0. The number of anilines is 1. The molecular formula is C13H18N2O5S. The largest absolute Gasteiger partial charge is 0.497 e. The number of amides is 1. The van der Waals surface area contributed by atoms with Crippen molar-refractivity contribution in [3.63, 3.8) is 0 Å². The molecule has 1 aromatic rings. The van der Waals surface area contributed by atoms with Crippen LogP contribution in [-0.4, -0.2) is 58.4 Å². The van der Waals surface area contributed by atoms with Gasteiger partial charge in [0.15, 0.2) is 9.84 Å². The fraction of sp³-hybridized carbons (Fsp3) is 0.462. The third kappa shape index (κ3) is 3.64. The number of benzene rings is 1. The maximum Gasteiger partial charge on any atom is 0.238 e. The number of ether oxygens (including phenoxy) is 2. The van der Waals surface area contributed by atoms with Crippen LogP contribution in [0.1, 0.15) is 0 Å². The number of sulfone groups is 1. The second kappa shape index (κ2) is 6.31. The first-order valence-corrected chi connectivity index (χ1v) is 8.11. The Morgan fingerprint density at radius 1 is 1.38 bits per heavy atom. The number of carbonyl (C=O) groups is 1. The molecule has 1 fully saturated rings. The summed E-state index contributed by atoms with van der Waals surface area (Å²) in [6.45, 7) is 1.66. The van der Waals surface area contributed by atoms with Gasteiger partial charge in [-0.3, -0.25) is 4.79 Å². The SMILES string of the molecule is COc1ccc(N)c(S(=O)(=O)CC(=O)N2CCOCC2)c1. The van der Waals surface area contributed by atoms with Gasteiger partial charge in [0.25, 0.3) is 0 Å². The van der Waals surface area contributed by atoms with Crippen molar-refractivity contribution in [2.75, 3.05) is 44.9 Å². The lowest BCUT2D eigenvalue weighted by molar-refractivity contribution is -0.132. The second-order valence-electron chi connectivity index (χ2n) is 4.66. The fourth-order valence-electron chi connectivity index (χ4n) is 2.06. The zero-order valence-electron chi connectivity index (χ0n) is 11.7. The summed E-state index contributed by atoms with van der Waals surface area (Å²) in [6.07, 6.45) is 0. The summed E-state index contributed by atoms with van der Waals surface area (Å²) in [5.74, 6) is -0.674.